The molecular formula is C14H11ClF3NO3S. The van der Waals surface area contributed by atoms with Gasteiger partial charge in [-0.25, -0.2) is 8.42 Å². The van der Waals surface area contributed by atoms with E-state index in [4.69, 9.17) is 16.7 Å². The molecule has 0 unspecified atom stereocenters. The van der Waals surface area contributed by atoms with Crippen molar-refractivity contribution in [3.8, 4) is 0 Å². The Balaban J connectivity index is 2.38. The first kappa shape index (κ1) is 17.6. The average molecular weight is 366 g/mol. The highest BCUT2D eigenvalue weighted by Gasteiger charge is 2.32. The maximum atomic E-state index is 12.7. The Morgan fingerprint density at radius 2 is 1.70 bits per heavy atom. The van der Waals surface area contributed by atoms with E-state index < -0.39 is 26.7 Å². The van der Waals surface area contributed by atoms with Crippen LogP contribution in [0.5, 0.6) is 0 Å². The van der Waals surface area contributed by atoms with Gasteiger partial charge >= 0.3 is 6.18 Å². The summed E-state index contributed by atoms with van der Waals surface area (Å²) < 4.78 is 64.8. The van der Waals surface area contributed by atoms with Gasteiger partial charge in [0.15, 0.2) is 0 Å². The van der Waals surface area contributed by atoms with Gasteiger partial charge in [-0.1, -0.05) is 23.7 Å². The predicted octanol–water partition coefficient (Wildman–Crippen LogP) is 3.65. The van der Waals surface area contributed by atoms with Gasteiger partial charge in [0.2, 0.25) is 0 Å². The summed E-state index contributed by atoms with van der Waals surface area (Å²) in [5.41, 5.74) is -0.418. The Hall–Kier alpha value is -1.77. The van der Waals surface area contributed by atoms with Gasteiger partial charge in [-0.05, 0) is 35.9 Å². The number of sulfonamides is 1. The SMILES string of the molecule is O=S(=O)(Nc1ccc(CO)cc1)c1cc(C(F)(F)F)ccc1Cl. The third kappa shape index (κ3) is 4.15. The smallest absolute Gasteiger partial charge is 0.392 e. The van der Waals surface area contributed by atoms with Crippen molar-refractivity contribution in [3.63, 3.8) is 0 Å². The highest BCUT2D eigenvalue weighted by Crippen LogP contribution is 2.33. The Labute approximate surface area is 135 Å². The minimum absolute atomic E-state index is 0.135. The van der Waals surface area contributed by atoms with Crippen LogP contribution in [-0.4, -0.2) is 13.5 Å². The second-order valence-electron chi connectivity index (χ2n) is 4.60. The van der Waals surface area contributed by atoms with E-state index in [1.165, 1.54) is 24.3 Å². The van der Waals surface area contributed by atoms with E-state index >= 15 is 0 Å². The van der Waals surface area contributed by atoms with Crippen molar-refractivity contribution in [2.24, 2.45) is 0 Å². The molecule has 0 aliphatic rings. The van der Waals surface area contributed by atoms with Crippen molar-refractivity contribution in [1.29, 1.82) is 0 Å². The van der Waals surface area contributed by atoms with Gasteiger partial charge in [0.1, 0.15) is 4.90 Å². The van der Waals surface area contributed by atoms with Crippen molar-refractivity contribution in [3.05, 3.63) is 58.6 Å². The van der Waals surface area contributed by atoms with Crippen molar-refractivity contribution in [2.45, 2.75) is 17.7 Å². The van der Waals surface area contributed by atoms with E-state index in [0.717, 1.165) is 6.07 Å². The van der Waals surface area contributed by atoms with Crippen LogP contribution in [0.1, 0.15) is 11.1 Å². The summed E-state index contributed by atoms with van der Waals surface area (Å²) in [6.07, 6.45) is -4.68. The normalized spacial score (nSPS) is 12.2. The van der Waals surface area contributed by atoms with Gasteiger partial charge in [-0.3, -0.25) is 4.72 Å². The summed E-state index contributed by atoms with van der Waals surface area (Å²) in [4.78, 5) is -0.666. The number of anilines is 1. The zero-order valence-corrected chi connectivity index (χ0v) is 13.0. The number of hydrogen-bond donors (Lipinski definition) is 2. The largest absolute Gasteiger partial charge is 0.416 e. The fourth-order valence-corrected chi connectivity index (χ4v) is 3.36. The zero-order valence-electron chi connectivity index (χ0n) is 11.4. The van der Waals surface area contributed by atoms with Gasteiger partial charge < -0.3 is 5.11 Å². The lowest BCUT2D eigenvalue weighted by atomic mass is 10.2. The molecule has 4 nitrogen and oxygen atoms in total. The number of hydrogen-bond acceptors (Lipinski definition) is 3. The highest BCUT2D eigenvalue weighted by molar-refractivity contribution is 7.92. The first-order valence-corrected chi connectivity index (χ1v) is 8.09. The van der Waals surface area contributed by atoms with Gasteiger partial charge in [-0.15, -0.1) is 0 Å². The lowest BCUT2D eigenvalue weighted by Crippen LogP contribution is -2.15. The molecule has 0 aromatic heterocycles. The van der Waals surface area contributed by atoms with Gasteiger partial charge in [0, 0.05) is 5.69 Å². The van der Waals surface area contributed by atoms with E-state index in [2.05, 4.69) is 4.72 Å². The van der Waals surface area contributed by atoms with Crippen molar-refractivity contribution >= 4 is 27.3 Å². The van der Waals surface area contributed by atoms with Crippen molar-refractivity contribution < 1.29 is 26.7 Å². The number of benzene rings is 2. The standard InChI is InChI=1S/C14H11ClF3NO3S/c15-12-6-3-10(14(16,17)18)7-13(12)23(21,22)19-11-4-1-9(8-20)2-5-11/h1-7,19-20H,8H2. The Morgan fingerprint density at radius 3 is 2.22 bits per heavy atom. The number of rotatable bonds is 4. The quantitative estimate of drug-likeness (QED) is 0.869. The molecule has 2 N–H and O–H groups in total. The third-order valence-electron chi connectivity index (χ3n) is 2.94. The number of nitrogens with one attached hydrogen (secondary N) is 1. The zero-order chi connectivity index (χ0) is 17.3. The van der Waals surface area contributed by atoms with E-state index in [0.29, 0.717) is 17.7 Å². The van der Waals surface area contributed by atoms with E-state index in [1.807, 2.05) is 0 Å². The molecule has 0 spiro atoms. The molecule has 0 amide bonds. The molecule has 0 radical (unpaired) electrons. The van der Waals surface area contributed by atoms with Crippen LogP contribution in [0.3, 0.4) is 0 Å². The van der Waals surface area contributed by atoms with Crippen LogP contribution in [0.25, 0.3) is 0 Å². The van der Waals surface area contributed by atoms with Crippen molar-refractivity contribution in [2.75, 3.05) is 4.72 Å². The molecule has 124 valence electrons. The molecule has 0 saturated carbocycles. The summed E-state index contributed by atoms with van der Waals surface area (Å²) in [6, 6.07) is 7.78. The van der Waals surface area contributed by atoms with E-state index in [1.54, 1.807) is 0 Å². The second kappa shape index (κ2) is 6.38. The Morgan fingerprint density at radius 1 is 1.09 bits per heavy atom. The first-order valence-electron chi connectivity index (χ1n) is 6.23. The van der Waals surface area contributed by atoms with Crippen LogP contribution < -0.4 is 4.72 Å². The van der Waals surface area contributed by atoms with Crippen LogP contribution in [0, 0.1) is 0 Å². The summed E-state index contributed by atoms with van der Waals surface area (Å²) in [7, 11) is -4.29. The molecule has 2 aromatic carbocycles. The Kier molecular flexibility index (Phi) is 4.88. The van der Waals surface area contributed by atoms with Gasteiger partial charge in [-0.2, -0.15) is 13.2 Å². The lowest BCUT2D eigenvalue weighted by molar-refractivity contribution is -0.137. The number of halogens is 4. The van der Waals surface area contributed by atoms with Crippen LogP contribution in [0.2, 0.25) is 5.02 Å². The topological polar surface area (TPSA) is 66.4 Å². The minimum Gasteiger partial charge on any atom is -0.392 e. The first-order chi connectivity index (χ1) is 10.6. The molecule has 2 rings (SSSR count). The molecule has 0 aliphatic carbocycles. The highest BCUT2D eigenvalue weighted by atomic mass is 35.5. The monoisotopic (exact) mass is 365 g/mol. The van der Waals surface area contributed by atoms with Crippen LogP contribution in [0.4, 0.5) is 18.9 Å². The van der Waals surface area contributed by atoms with Crippen LogP contribution in [0.15, 0.2) is 47.4 Å². The Bertz CT molecular complexity index is 805. The summed E-state index contributed by atoms with van der Waals surface area (Å²) in [5.74, 6) is 0. The molecule has 0 heterocycles. The summed E-state index contributed by atoms with van der Waals surface area (Å²) in [6.45, 7) is -0.216. The summed E-state index contributed by atoms with van der Waals surface area (Å²) >= 11 is 5.73. The summed E-state index contributed by atoms with van der Waals surface area (Å²) in [5, 5.41) is 8.60. The molecule has 0 saturated heterocycles. The van der Waals surface area contributed by atoms with Gasteiger partial charge in [0.25, 0.3) is 10.0 Å². The predicted molar refractivity (Wildman–Crippen MR) is 79.6 cm³/mol. The number of alkyl halides is 3. The molecule has 0 atom stereocenters. The fraction of sp³-hybridized carbons (Fsp3) is 0.143. The lowest BCUT2D eigenvalue weighted by Gasteiger charge is -2.12. The maximum Gasteiger partial charge on any atom is 0.416 e. The second-order valence-corrected chi connectivity index (χ2v) is 6.66. The maximum absolute atomic E-state index is 12.7. The number of aliphatic hydroxyl groups is 1. The molecule has 0 aliphatic heterocycles. The fourth-order valence-electron chi connectivity index (χ4n) is 1.77. The van der Waals surface area contributed by atoms with Crippen molar-refractivity contribution in [1.82, 2.24) is 0 Å². The van der Waals surface area contributed by atoms with Gasteiger partial charge in [0.05, 0.1) is 17.2 Å². The average Bonchev–Trinajstić information content (AvgIpc) is 2.46. The number of aliphatic hydroxyl groups excluding tert-OH is 1. The molecule has 0 fully saturated rings. The van der Waals surface area contributed by atoms with Crippen LogP contribution in [-0.2, 0) is 22.8 Å². The van der Waals surface area contributed by atoms with E-state index in [9.17, 15) is 21.6 Å². The van der Waals surface area contributed by atoms with E-state index in [-0.39, 0.29) is 17.3 Å². The molecule has 23 heavy (non-hydrogen) atoms. The molecule has 9 heteroatoms. The van der Waals surface area contributed by atoms with Crippen LogP contribution >= 0.6 is 11.6 Å². The molecule has 2 aromatic rings. The third-order valence-corrected chi connectivity index (χ3v) is 4.80. The molecular weight excluding hydrogens is 355 g/mol. The minimum atomic E-state index is -4.68. The molecule has 0 bridgehead atoms.